The topological polar surface area (TPSA) is 99.2 Å². The minimum atomic E-state index is -0.667. The number of carbonyl (C=O) groups excluding carboxylic acids is 4. The number of imide groups is 1. The van der Waals surface area contributed by atoms with E-state index >= 15 is 0 Å². The van der Waals surface area contributed by atoms with Crippen LogP contribution >= 0.6 is 11.8 Å². The molecule has 1 aliphatic heterocycles. The van der Waals surface area contributed by atoms with Crippen molar-refractivity contribution in [2.75, 3.05) is 20.3 Å². The number of nitrogens with zero attached hydrogens (tertiary/aromatic N) is 1. The smallest absolute Gasteiger partial charge is 0.343 e. The van der Waals surface area contributed by atoms with Crippen molar-refractivity contribution in [3.63, 3.8) is 0 Å². The van der Waals surface area contributed by atoms with E-state index in [2.05, 4.69) is 0 Å². The third-order valence-corrected chi connectivity index (χ3v) is 5.11. The number of hydrogen-bond acceptors (Lipinski definition) is 8. The maximum atomic E-state index is 12.6. The zero-order valence-electron chi connectivity index (χ0n) is 16.8. The summed E-state index contributed by atoms with van der Waals surface area (Å²) in [5.74, 6) is -1.03. The molecule has 3 rings (SSSR count). The number of para-hydroxylation sites is 1. The van der Waals surface area contributed by atoms with Crippen LogP contribution in [0.15, 0.2) is 53.4 Å². The molecule has 1 fully saturated rings. The van der Waals surface area contributed by atoms with Crippen molar-refractivity contribution in [1.82, 2.24) is 4.90 Å². The van der Waals surface area contributed by atoms with Crippen molar-refractivity contribution in [2.45, 2.75) is 6.92 Å². The maximum Gasteiger partial charge on any atom is 0.343 e. The highest BCUT2D eigenvalue weighted by molar-refractivity contribution is 8.18. The first-order valence-corrected chi connectivity index (χ1v) is 10.1. The van der Waals surface area contributed by atoms with Gasteiger partial charge in [0, 0.05) is 5.56 Å². The molecule has 1 saturated heterocycles. The van der Waals surface area contributed by atoms with E-state index in [9.17, 15) is 19.2 Å². The second-order valence-corrected chi connectivity index (χ2v) is 7.22. The monoisotopic (exact) mass is 441 g/mol. The predicted octanol–water partition coefficient (Wildman–Crippen LogP) is 3.51. The summed E-state index contributed by atoms with van der Waals surface area (Å²) in [6.07, 6.45) is 1.45. The van der Waals surface area contributed by atoms with Gasteiger partial charge in [0.2, 0.25) is 0 Å². The Hall–Kier alpha value is -3.59. The summed E-state index contributed by atoms with van der Waals surface area (Å²) >= 11 is 0.701. The van der Waals surface area contributed by atoms with E-state index in [4.69, 9.17) is 14.2 Å². The number of amides is 2. The molecule has 31 heavy (non-hydrogen) atoms. The molecular weight excluding hydrogens is 422 g/mol. The van der Waals surface area contributed by atoms with Crippen molar-refractivity contribution >= 4 is 40.9 Å². The van der Waals surface area contributed by atoms with Gasteiger partial charge in [-0.15, -0.1) is 0 Å². The largest absolute Gasteiger partial charge is 0.497 e. The third-order valence-electron chi connectivity index (χ3n) is 4.20. The lowest BCUT2D eigenvalue weighted by Crippen LogP contribution is -2.34. The summed E-state index contributed by atoms with van der Waals surface area (Å²) in [5, 5.41) is -0.572. The summed E-state index contributed by atoms with van der Waals surface area (Å²) in [6, 6.07) is 13.0. The second-order valence-electron chi connectivity index (χ2n) is 6.23. The van der Waals surface area contributed by atoms with Crippen LogP contribution in [0.1, 0.15) is 22.8 Å². The molecule has 0 N–H and O–H groups in total. The molecule has 0 aromatic heterocycles. The summed E-state index contributed by atoms with van der Waals surface area (Å²) in [6.45, 7) is 1.33. The highest BCUT2D eigenvalue weighted by Crippen LogP contribution is 2.34. The van der Waals surface area contributed by atoms with E-state index < -0.39 is 29.6 Å². The molecule has 0 radical (unpaired) electrons. The molecule has 8 nitrogen and oxygen atoms in total. The Morgan fingerprint density at radius 2 is 1.77 bits per heavy atom. The quantitative estimate of drug-likeness (QED) is 0.366. The molecule has 0 spiro atoms. The van der Waals surface area contributed by atoms with Gasteiger partial charge >= 0.3 is 11.9 Å². The maximum absolute atomic E-state index is 12.6. The normalized spacial score (nSPS) is 14.6. The summed E-state index contributed by atoms with van der Waals surface area (Å²) in [4.78, 5) is 49.8. The van der Waals surface area contributed by atoms with E-state index in [0.717, 1.165) is 4.90 Å². The second kappa shape index (κ2) is 9.94. The number of esters is 2. The van der Waals surface area contributed by atoms with Crippen LogP contribution < -0.4 is 9.47 Å². The van der Waals surface area contributed by atoms with Crippen LogP contribution in [-0.4, -0.2) is 48.2 Å². The van der Waals surface area contributed by atoms with E-state index in [1.807, 2.05) is 0 Å². The Morgan fingerprint density at radius 3 is 2.45 bits per heavy atom. The van der Waals surface area contributed by atoms with E-state index in [1.165, 1.54) is 13.2 Å². The first kappa shape index (κ1) is 22.1. The predicted molar refractivity (Wildman–Crippen MR) is 114 cm³/mol. The molecule has 2 amide bonds. The average Bonchev–Trinajstić information content (AvgIpc) is 3.02. The molecule has 2 aromatic carbocycles. The number of methoxy groups -OCH3 is 1. The number of carbonyl (C=O) groups is 4. The Balaban J connectivity index is 1.79. The van der Waals surface area contributed by atoms with Gasteiger partial charge in [-0.2, -0.15) is 0 Å². The highest BCUT2D eigenvalue weighted by atomic mass is 32.2. The van der Waals surface area contributed by atoms with Crippen LogP contribution in [0, 0.1) is 0 Å². The van der Waals surface area contributed by atoms with Crippen LogP contribution in [0.25, 0.3) is 6.08 Å². The van der Waals surface area contributed by atoms with Crippen molar-refractivity contribution in [1.29, 1.82) is 0 Å². The molecule has 9 heteroatoms. The fraction of sp³-hybridized carbons (Fsp3) is 0.182. The van der Waals surface area contributed by atoms with Gasteiger partial charge in [-0.25, -0.2) is 4.79 Å². The molecule has 0 aliphatic carbocycles. The van der Waals surface area contributed by atoms with E-state index in [0.29, 0.717) is 28.6 Å². The fourth-order valence-electron chi connectivity index (χ4n) is 2.69. The summed E-state index contributed by atoms with van der Waals surface area (Å²) in [5.41, 5.74) is 0.761. The number of thioether (sulfide) groups is 1. The fourth-order valence-corrected chi connectivity index (χ4v) is 3.52. The van der Waals surface area contributed by atoms with Gasteiger partial charge in [0.15, 0.2) is 0 Å². The van der Waals surface area contributed by atoms with Gasteiger partial charge in [-0.3, -0.25) is 19.3 Å². The molecule has 0 saturated carbocycles. The number of rotatable bonds is 7. The zero-order valence-corrected chi connectivity index (χ0v) is 17.6. The van der Waals surface area contributed by atoms with Gasteiger partial charge in [-0.1, -0.05) is 18.2 Å². The van der Waals surface area contributed by atoms with E-state index in [1.54, 1.807) is 55.5 Å². The number of ether oxygens (including phenoxy) is 3. The Kier molecular flexibility index (Phi) is 7.09. The minimum absolute atomic E-state index is 0.113. The van der Waals surface area contributed by atoms with Gasteiger partial charge in [0.1, 0.15) is 18.0 Å². The average molecular weight is 441 g/mol. The van der Waals surface area contributed by atoms with Crippen LogP contribution in [-0.2, 0) is 14.3 Å². The highest BCUT2D eigenvalue weighted by Gasteiger charge is 2.36. The van der Waals surface area contributed by atoms with E-state index in [-0.39, 0.29) is 17.3 Å². The lowest BCUT2D eigenvalue weighted by atomic mass is 10.1. The molecule has 1 heterocycles. The first-order chi connectivity index (χ1) is 14.9. The molecule has 0 bridgehead atoms. The first-order valence-electron chi connectivity index (χ1n) is 9.29. The standard InChI is InChI=1S/C22H19NO7S/c1-3-29-19(24)13-23-20(25)18(31-22(23)27)12-15-6-4-5-7-17(15)30-21(26)14-8-10-16(28-2)11-9-14/h4-12H,3,13H2,1-2H3/b18-12-. The summed E-state index contributed by atoms with van der Waals surface area (Å²) in [7, 11) is 1.53. The molecule has 2 aromatic rings. The van der Waals surface area contributed by atoms with Gasteiger partial charge in [0.05, 0.1) is 24.2 Å². The Bertz CT molecular complexity index is 1050. The van der Waals surface area contributed by atoms with Crippen molar-refractivity contribution < 1.29 is 33.4 Å². The van der Waals surface area contributed by atoms with Crippen LogP contribution in [0.2, 0.25) is 0 Å². The lowest BCUT2D eigenvalue weighted by molar-refractivity contribution is -0.145. The third kappa shape index (κ3) is 5.32. The van der Waals surface area contributed by atoms with Gasteiger partial charge in [0.25, 0.3) is 11.1 Å². The molecular formula is C22H19NO7S. The summed E-state index contributed by atoms with van der Waals surface area (Å²) < 4.78 is 15.3. The minimum Gasteiger partial charge on any atom is -0.497 e. The van der Waals surface area contributed by atoms with Crippen LogP contribution in [0.4, 0.5) is 4.79 Å². The lowest BCUT2D eigenvalue weighted by Gasteiger charge is -2.11. The zero-order chi connectivity index (χ0) is 22.4. The van der Waals surface area contributed by atoms with Gasteiger partial charge < -0.3 is 14.2 Å². The Morgan fingerprint density at radius 1 is 1.06 bits per heavy atom. The number of hydrogen-bond donors (Lipinski definition) is 0. The van der Waals surface area contributed by atoms with Crippen LogP contribution in [0.3, 0.4) is 0 Å². The number of benzene rings is 2. The van der Waals surface area contributed by atoms with Crippen LogP contribution in [0.5, 0.6) is 11.5 Å². The Labute approximate surface area is 182 Å². The molecule has 0 unspecified atom stereocenters. The molecule has 1 aliphatic rings. The molecule has 160 valence electrons. The molecule has 0 atom stereocenters. The van der Waals surface area contributed by atoms with Crippen molar-refractivity contribution in [2.24, 2.45) is 0 Å². The van der Waals surface area contributed by atoms with Crippen molar-refractivity contribution in [3.8, 4) is 11.5 Å². The van der Waals surface area contributed by atoms with Crippen molar-refractivity contribution in [3.05, 3.63) is 64.6 Å². The van der Waals surface area contributed by atoms with Gasteiger partial charge in [-0.05, 0) is 55.1 Å². The SMILES string of the molecule is CCOC(=O)CN1C(=O)S/C(=C\c2ccccc2OC(=O)c2ccc(OC)cc2)C1=O.